The average molecular weight is 1550 g/mol. The Morgan fingerprint density at radius 1 is 0.259 bits per heavy atom. The normalized spacial score (nSPS) is 12.2. The zero-order chi connectivity index (χ0) is 73.5. The maximum Gasteiger partial charge on any atom is 0.00523 e. The largest absolute Gasteiger partial charge is 0.179 e. The molecule has 0 nitrogen and oxygen atoms in total. The molecular weight excluding hydrogens is 1460 g/mol. The third-order valence-electron chi connectivity index (χ3n) is 21.7. The second-order valence-electron chi connectivity index (χ2n) is 28.9. The van der Waals surface area contributed by atoms with Gasteiger partial charge in [-0.05, 0) is 306 Å². The molecule has 538 valence electrons. The first kappa shape index (κ1) is 74.5. The molecule has 108 heavy (non-hydrogen) atoms. The Morgan fingerprint density at radius 2 is 0.546 bits per heavy atom. The van der Waals surface area contributed by atoms with Crippen molar-refractivity contribution in [1.82, 2.24) is 0 Å². The molecule has 0 saturated heterocycles. The fourth-order valence-electron chi connectivity index (χ4n) is 16.6. The molecule has 0 saturated carbocycles. The van der Waals surface area contributed by atoms with Gasteiger partial charge in [-0.3, -0.25) is 0 Å². The highest BCUT2D eigenvalue weighted by molar-refractivity contribution is 7.99. The van der Waals surface area contributed by atoms with Crippen LogP contribution in [0, 0.1) is 0 Å². The van der Waals surface area contributed by atoms with Crippen molar-refractivity contribution in [3.05, 3.63) is 295 Å². The van der Waals surface area contributed by atoms with E-state index in [0.29, 0.717) is 5.25 Å². The molecule has 0 spiro atoms. The van der Waals surface area contributed by atoms with Gasteiger partial charge in [-0.1, -0.05) is 268 Å². The van der Waals surface area contributed by atoms with Gasteiger partial charge in [-0.25, -0.2) is 0 Å². The van der Waals surface area contributed by atoms with E-state index in [4.69, 9.17) is 0 Å². The lowest BCUT2D eigenvalue weighted by atomic mass is 9.91. The van der Waals surface area contributed by atoms with E-state index in [9.17, 15) is 0 Å². The number of benzene rings is 20. The number of aryl methyl sites for hydroxylation is 4. The Labute approximate surface area is 675 Å². The molecule has 0 aliphatic rings. The number of hydrogen-bond donors (Lipinski definition) is 5. The van der Waals surface area contributed by atoms with Gasteiger partial charge in [0.15, 0.2) is 0 Å². The molecule has 0 radical (unpaired) electrons. The van der Waals surface area contributed by atoms with E-state index >= 15 is 0 Å². The lowest BCUT2D eigenvalue weighted by molar-refractivity contribution is 0.813. The van der Waals surface area contributed by atoms with E-state index in [1.807, 2.05) is 23.5 Å². The lowest BCUT2D eigenvalue weighted by Crippen LogP contribution is -2.01. The third kappa shape index (κ3) is 16.0. The molecule has 0 heterocycles. The lowest BCUT2D eigenvalue weighted by Gasteiger charge is -2.13. The minimum Gasteiger partial charge on any atom is -0.179 e. The summed E-state index contributed by atoms with van der Waals surface area (Å²) >= 11 is 28.1. The van der Waals surface area contributed by atoms with Crippen molar-refractivity contribution < 1.29 is 0 Å². The molecule has 20 aromatic carbocycles. The molecule has 0 aliphatic carbocycles. The highest BCUT2D eigenvalue weighted by Crippen LogP contribution is 2.42. The fraction of sp³-hybridized carbons (Fsp3) is 0.200. The summed E-state index contributed by atoms with van der Waals surface area (Å²) < 4.78 is 0. The molecule has 0 amide bonds. The minimum absolute atomic E-state index is 0.498. The van der Waals surface area contributed by atoms with Crippen molar-refractivity contribution in [2.24, 2.45) is 0 Å². The zero-order valence-electron chi connectivity index (χ0n) is 61.2. The predicted octanol–water partition coefficient (Wildman–Crippen LogP) is 29.6. The van der Waals surface area contributed by atoms with Crippen LogP contribution in [-0.2, 0) is 25.7 Å². The first-order valence-electron chi connectivity index (χ1n) is 38.5. The highest BCUT2D eigenvalue weighted by atomic mass is 32.2. The van der Waals surface area contributed by atoms with Crippen LogP contribution in [0.4, 0.5) is 0 Å². The van der Waals surface area contributed by atoms with Gasteiger partial charge in [0, 0.05) is 10.1 Å². The summed E-state index contributed by atoms with van der Waals surface area (Å²) in [6, 6.07) is 101. The van der Waals surface area contributed by atoms with Crippen LogP contribution in [0.1, 0.15) is 61.3 Å². The molecule has 8 heteroatoms. The summed E-state index contributed by atoms with van der Waals surface area (Å²) in [7, 11) is 0. The summed E-state index contributed by atoms with van der Waals surface area (Å²) in [5.74, 6) is 10.1. The molecule has 1 unspecified atom stereocenters. The van der Waals surface area contributed by atoms with Crippen LogP contribution in [0.3, 0.4) is 0 Å². The Bertz CT molecular complexity index is 6150. The van der Waals surface area contributed by atoms with Gasteiger partial charge in [-0.15, -0.1) is 12.6 Å². The third-order valence-corrected chi connectivity index (χ3v) is 26.6. The van der Waals surface area contributed by atoms with Crippen LogP contribution in [0.15, 0.2) is 278 Å². The summed E-state index contributed by atoms with van der Waals surface area (Å²) in [6.07, 6.45) is 10.4. The fourth-order valence-corrected chi connectivity index (χ4v) is 21.2. The van der Waals surface area contributed by atoms with Gasteiger partial charge in [0.1, 0.15) is 0 Å². The number of thiol groups is 5. The minimum atomic E-state index is 0.498. The monoisotopic (exact) mass is 1550 g/mol. The molecule has 1 atom stereocenters. The van der Waals surface area contributed by atoms with Crippen molar-refractivity contribution in [2.75, 3.05) is 51.8 Å². The van der Waals surface area contributed by atoms with Gasteiger partial charge in [0.05, 0.1) is 0 Å². The molecule has 0 aromatic heterocycles. The molecule has 0 bridgehead atoms. The topological polar surface area (TPSA) is 0 Å². The van der Waals surface area contributed by atoms with E-state index in [-0.39, 0.29) is 0 Å². The summed E-state index contributed by atoms with van der Waals surface area (Å²) in [6.45, 7) is 2.25. The Hall–Kier alpha value is -7.60. The molecule has 0 fully saturated rings. The van der Waals surface area contributed by atoms with E-state index in [0.717, 1.165) is 54.3 Å². The Morgan fingerprint density at radius 3 is 0.907 bits per heavy atom. The first-order valence-corrected chi connectivity index (χ1v) is 44.8. The standard InChI is InChI=1S/C23H24S3.C21H20S2.C21H20S.C19H16S.C16H10S/c24-11-8-21(25)10-13-26-12-9-16-14-19-6-4-17-2-1-3-18-5-7-20(15-16)23(19)22(17)18;22-10-2-11-23-12-9-15-13-18-7-5-16-3-1-4-17-6-8-19(14-15)21(18)20(16)17;1-2-13-22-14-12-15-6-7-18-9-8-16-4-3-5-17-10-11-19(15)21(18)20(16)17;20-10-2-3-13-11-16-8-6-14-4-1-5-15-7-9-17(12-13)19(16)18(14)15;17-14-8-12-6-4-10-2-1-3-11-5-7-13(9-14)16(12)15(10)11/h1-7,14-15,21,24-25H,8-13H2;1,3-8,13-14,22H,2,9-12H2;3-11H,2,12-14H2,1H3;1,4-9,11-12,20H,2-3,10H2;1-9,17H. The second-order valence-corrected chi connectivity index (χ2v) is 35.1. The average Bonchev–Trinajstić information content (AvgIpc) is 0.778. The van der Waals surface area contributed by atoms with Gasteiger partial charge < -0.3 is 0 Å². The molecule has 20 aromatic rings. The SMILES string of the molecule is CCCSCCc1ccc2ccc3cccc4ccc1c2c34.SCCC(S)CCSCCc1cc2ccc3cccc4ccc(c1)c2c34.SCCCSCCc1cc2ccc3cccc4ccc(c1)c2c34.SCCCc1cc2ccc3cccc4ccc(c1)c2c34.Sc1cc2ccc3cccc4ccc(c1)c2c34. The molecule has 20 rings (SSSR count). The Kier molecular flexibility index (Phi) is 24.0. The van der Waals surface area contributed by atoms with Crippen molar-refractivity contribution in [3.8, 4) is 0 Å². The maximum atomic E-state index is 4.61. The molecule has 0 aliphatic heterocycles. The second kappa shape index (κ2) is 34.8. The number of rotatable bonds is 22. The van der Waals surface area contributed by atoms with Crippen molar-refractivity contribution >= 4 is 260 Å². The van der Waals surface area contributed by atoms with Crippen LogP contribution in [0.2, 0.25) is 0 Å². The quantitative estimate of drug-likeness (QED) is 0.0261. The van der Waals surface area contributed by atoms with Crippen LogP contribution >= 0.6 is 98.4 Å². The summed E-state index contributed by atoms with van der Waals surface area (Å²) in [4.78, 5) is 1.02. The van der Waals surface area contributed by atoms with Crippen LogP contribution in [0.5, 0.6) is 0 Å². The maximum absolute atomic E-state index is 4.61. The molecule has 0 N–H and O–H groups in total. The van der Waals surface area contributed by atoms with Crippen LogP contribution in [0.25, 0.3) is 162 Å². The van der Waals surface area contributed by atoms with E-state index in [1.165, 1.54) is 244 Å². The highest BCUT2D eigenvalue weighted by Gasteiger charge is 2.16. The molecular formula is C100H90S8. The predicted molar refractivity (Wildman–Crippen MR) is 508 cm³/mol. The van der Waals surface area contributed by atoms with E-state index in [2.05, 4.69) is 355 Å². The Balaban J connectivity index is 0.000000104. The number of thioether (sulfide) groups is 3. The van der Waals surface area contributed by atoms with Gasteiger partial charge in [0.25, 0.3) is 0 Å². The summed E-state index contributed by atoms with van der Waals surface area (Å²) in [5, 5.41) is 41.5. The van der Waals surface area contributed by atoms with Crippen molar-refractivity contribution in [3.63, 3.8) is 0 Å². The smallest absolute Gasteiger partial charge is 0.00523 e. The van der Waals surface area contributed by atoms with Gasteiger partial charge in [-0.2, -0.15) is 85.8 Å². The van der Waals surface area contributed by atoms with Crippen LogP contribution in [-0.4, -0.2) is 57.0 Å². The van der Waals surface area contributed by atoms with E-state index in [1.54, 1.807) is 0 Å². The number of hydrogen-bond acceptors (Lipinski definition) is 8. The van der Waals surface area contributed by atoms with E-state index < -0.39 is 0 Å². The van der Waals surface area contributed by atoms with Gasteiger partial charge >= 0.3 is 0 Å². The van der Waals surface area contributed by atoms with Crippen LogP contribution < -0.4 is 0 Å². The zero-order valence-corrected chi connectivity index (χ0v) is 68.2. The first-order chi connectivity index (χ1) is 53.2. The van der Waals surface area contributed by atoms with Crippen molar-refractivity contribution in [1.29, 1.82) is 0 Å². The van der Waals surface area contributed by atoms with Crippen molar-refractivity contribution in [2.45, 2.75) is 74.9 Å². The summed E-state index contributed by atoms with van der Waals surface area (Å²) in [5.41, 5.74) is 5.81. The van der Waals surface area contributed by atoms with Gasteiger partial charge in [0.2, 0.25) is 0 Å².